The van der Waals surface area contributed by atoms with Gasteiger partial charge in [0.1, 0.15) is 0 Å². The first kappa shape index (κ1) is 18.9. The van der Waals surface area contributed by atoms with Crippen LogP contribution < -0.4 is 11.2 Å². The smallest absolute Gasteiger partial charge is 0.230 e. The fourth-order valence-electron chi connectivity index (χ4n) is 2.18. The molecule has 0 spiro atoms. The second-order valence-corrected chi connectivity index (χ2v) is 7.13. The normalized spacial score (nSPS) is 12.2. The van der Waals surface area contributed by atoms with Crippen LogP contribution in [0.1, 0.15) is 26.7 Å². The van der Waals surface area contributed by atoms with Crippen LogP contribution in [0.25, 0.3) is 11.4 Å². The van der Waals surface area contributed by atoms with Gasteiger partial charge in [0.05, 0.1) is 10.8 Å². The summed E-state index contributed by atoms with van der Waals surface area (Å²) in [5, 5.41) is 12.4. The molecule has 2 rings (SSSR count). The molecule has 9 heteroatoms. The first-order valence-electron chi connectivity index (χ1n) is 7.50. The number of thioether (sulfide) groups is 1. The van der Waals surface area contributed by atoms with Gasteiger partial charge in [-0.2, -0.15) is 0 Å². The number of hydrogen-bond acceptors (Lipinski definition) is 5. The molecule has 1 aromatic heterocycles. The van der Waals surface area contributed by atoms with Gasteiger partial charge in [0.25, 0.3) is 0 Å². The number of carbonyl (C=O) groups is 1. The zero-order valence-electron chi connectivity index (χ0n) is 13.4. The van der Waals surface area contributed by atoms with Gasteiger partial charge in [-0.15, -0.1) is 10.2 Å². The summed E-state index contributed by atoms with van der Waals surface area (Å²) in [6.07, 6.45) is 1.97. The summed E-state index contributed by atoms with van der Waals surface area (Å²) >= 11 is 13.3. The van der Waals surface area contributed by atoms with Crippen molar-refractivity contribution in [3.05, 3.63) is 28.2 Å². The lowest BCUT2D eigenvalue weighted by atomic mass is 10.2. The van der Waals surface area contributed by atoms with Crippen molar-refractivity contribution in [2.75, 3.05) is 11.6 Å². The van der Waals surface area contributed by atoms with E-state index in [4.69, 9.17) is 29.0 Å². The Morgan fingerprint density at radius 1 is 1.42 bits per heavy atom. The number of rotatable bonds is 7. The largest absolute Gasteiger partial charge is 0.353 e. The van der Waals surface area contributed by atoms with E-state index in [1.54, 1.807) is 18.2 Å². The second kappa shape index (κ2) is 8.60. The number of nitrogen functional groups attached to an aromatic ring is 1. The molecule has 1 unspecified atom stereocenters. The number of halogens is 2. The molecule has 1 amide bonds. The summed E-state index contributed by atoms with van der Waals surface area (Å²) in [7, 11) is 0. The zero-order chi connectivity index (χ0) is 17.7. The number of hydrogen-bond donors (Lipinski definition) is 2. The number of nitrogens with two attached hydrogens (primary N) is 1. The fraction of sp³-hybridized carbons (Fsp3) is 0.400. The number of nitrogens with zero attached hydrogens (tertiary/aromatic N) is 3. The van der Waals surface area contributed by atoms with Crippen molar-refractivity contribution < 1.29 is 4.79 Å². The maximum absolute atomic E-state index is 11.9. The van der Waals surface area contributed by atoms with Crippen LogP contribution in [0.5, 0.6) is 0 Å². The Morgan fingerprint density at radius 3 is 2.83 bits per heavy atom. The minimum atomic E-state index is -0.0602. The van der Waals surface area contributed by atoms with Gasteiger partial charge in [-0.25, -0.2) is 4.68 Å². The van der Waals surface area contributed by atoms with Crippen LogP contribution >= 0.6 is 35.0 Å². The van der Waals surface area contributed by atoms with E-state index in [1.165, 1.54) is 16.4 Å². The van der Waals surface area contributed by atoms with E-state index < -0.39 is 0 Å². The van der Waals surface area contributed by atoms with Crippen molar-refractivity contribution >= 4 is 40.9 Å². The number of benzene rings is 1. The van der Waals surface area contributed by atoms with Gasteiger partial charge in [-0.05, 0) is 31.5 Å². The van der Waals surface area contributed by atoms with Gasteiger partial charge in [-0.3, -0.25) is 4.79 Å². The van der Waals surface area contributed by atoms with Crippen LogP contribution in [0.15, 0.2) is 23.4 Å². The molecule has 2 aromatic rings. The lowest BCUT2D eigenvalue weighted by Crippen LogP contribution is -2.33. The molecule has 0 bridgehead atoms. The van der Waals surface area contributed by atoms with Gasteiger partial charge >= 0.3 is 0 Å². The van der Waals surface area contributed by atoms with Gasteiger partial charge in [0.15, 0.2) is 5.82 Å². The highest BCUT2D eigenvalue weighted by molar-refractivity contribution is 7.99. The van der Waals surface area contributed by atoms with Crippen LogP contribution in [-0.2, 0) is 4.79 Å². The lowest BCUT2D eigenvalue weighted by molar-refractivity contribution is -0.119. The summed E-state index contributed by atoms with van der Waals surface area (Å²) in [4.78, 5) is 11.9. The molecule has 130 valence electrons. The molecule has 1 aromatic carbocycles. The Balaban J connectivity index is 2.04. The Kier molecular flexibility index (Phi) is 6.77. The molecule has 0 aliphatic carbocycles. The third-order valence-corrected chi connectivity index (χ3v) is 4.79. The van der Waals surface area contributed by atoms with Crippen molar-refractivity contribution in [2.45, 2.75) is 37.9 Å². The van der Waals surface area contributed by atoms with Gasteiger partial charge in [-0.1, -0.05) is 48.3 Å². The first-order chi connectivity index (χ1) is 11.4. The summed E-state index contributed by atoms with van der Waals surface area (Å²) in [6.45, 7) is 4.07. The molecule has 0 aliphatic heterocycles. The Hall–Kier alpha value is -1.44. The third kappa shape index (κ3) is 4.78. The molecule has 0 aliphatic rings. The quantitative estimate of drug-likeness (QED) is 0.561. The van der Waals surface area contributed by atoms with Crippen molar-refractivity contribution in [3.63, 3.8) is 0 Å². The van der Waals surface area contributed by atoms with E-state index in [2.05, 4.69) is 22.4 Å². The predicted molar refractivity (Wildman–Crippen MR) is 98.9 cm³/mol. The van der Waals surface area contributed by atoms with E-state index in [-0.39, 0.29) is 17.7 Å². The number of carbonyl (C=O) groups excluding carboxylic acids is 1. The summed E-state index contributed by atoms with van der Waals surface area (Å²) in [6, 6.07) is 5.20. The predicted octanol–water partition coefficient (Wildman–Crippen LogP) is 3.36. The molecule has 0 saturated heterocycles. The summed E-state index contributed by atoms with van der Waals surface area (Å²) in [5.74, 6) is 6.60. The van der Waals surface area contributed by atoms with Crippen molar-refractivity contribution in [3.8, 4) is 11.4 Å². The Labute approximate surface area is 155 Å². The highest BCUT2D eigenvalue weighted by atomic mass is 35.5. The molecular weight excluding hydrogens is 369 g/mol. The molecule has 24 heavy (non-hydrogen) atoms. The van der Waals surface area contributed by atoms with Gasteiger partial charge < -0.3 is 11.2 Å². The van der Waals surface area contributed by atoms with Crippen molar-refractivity contribution in [2.24, 2.45) is 0 Å². The highest BCUT2D eigenvalue weighted by Crippen LogP contribution is 2.30. The molecule has 0 fully saturated rings. The van der Waals surface area contributed by atoms with Crippen LogP contribution in [0.4, 0.5) is 0 Å². The van der Waals surface area contributed by atoms with Crippen molar-refractivity contribution in [1.82, 2.24) is 20.2 Å². The average Bonchev–Trinajstić information content (AvgIpc) is 2.86. The number of amides is 1. The molecular formula is C15H19Cl2N5OS. The second-order valence-electron chi connectivity index (χ2n) is 5.35. The third-order valence-electron chi connectivity index (χ3n) is 3.30. The molecule has 1 heterocycles. The molecule has 0 saturated carbocycles. The fourth-order valence-corrected chi connectivity index (χ4v) is 3.34. The molecule has 0 radical (unpaired) electrons. The monoisotopic (exact) mass is 387 g/mol. The van der Waals surface area contributed by atoms with E-state index in [1.807, 2.05) is 6.92 Å². The standard InChI is InChI=1S/C15H19Cl2N5OS/c1-3-4-9(2)19-13(23)8-24-15-21-20-14(22(15)18)11-6-5-10(16)7-12(11)17/h5-7,9H,3-4,8,18H2,1-2H3,(H,19,23). The Morgan fingerprint density at radius 2 is 2.17 bits per heavy atom. The van der Waals surface area contributed by atoms with E-state index in [0.29, 0.717) is 26.6 Å². The lowest BCUT2D eigenvalue weighted by Gasteiger charge is -2.12. The van der Waals surface area contributed by atoms with E-state index in [0.717, 1.165) is 12.8 Å². The minimum absolute atomic E-state index is 0.0602. The van der Waals surface area contributed by atoms with Crippen molar-refractivity contribution in [1.29, 1.82) is 0 Å². The zero-order valence-corrected chi connectivity index (χ0v) is 15.8. The first-order valence-corrected chi connectivity index (χ1v) is 9.24. The number of aromatic nitrogens is 3. The van der Waals surface area contributed by atoms with E-state index >= 15 is 0 Å². The molecule has 1 atom stereocenters. The summed E-state index contributed by atoms with van der Waals surface area (Å²) < 4.78 is 1.32. The maximum Gasteiger partial charge on any atom is 0.230 e. The summed E-state index contributed by atoms with van der Waals surface area (Å²) in [5.41, 5.74) is 0.629. The average molecular weight is 388 g/mol. The van der Waals surface area contributed by atoms with Crippen LogP contribution in [0, 0.1) is 0 Å². The van der Waals surface area contributed by atoms with Crippen LogP contribution in [0.2, 0.25) is 10.0 Å². The van der Waals surface area contributed by atoms with Gasteiger partial charge in [0.2, 0.25) is 11.1 Å². The number of nitrogens with one attached hydrogen (secondary N) is 1. The highest BCUT2D eigenvalue weighted by Gasteiger charge is 2.16. The van der Waals surface area contributed by atoms with Crippen LogP contribution in [-0.4, -0.2) is 32.6 Å². The minimum Gasteiger partial charge on any atom is -0.353 e. The SMILES string of the molecule is CCCC(C)NC(=O)CSc1nnc(-c2ccc(Cl)cc2Cl)n1N. The maximum atomic E-state index is 11.9. The van der Waals surface area contributed by atoms with Gasteiger partial charge in [0, 0.05) is 16.6 Å². The molecule has 6 nitrogen and oxygen atoms in total. The van der Waals surface area contributed by atoms with Crippen LogP contribution in [0.3, 0.4) is 0 Å². The molecule has 3 N–H and O–H groups in total. The topological polar surface area (TPSA) is 85.8 Å². The van der Waals surface area contributed by atoms with E-state index in [9.17, 15) is 4.79 Å². The Bertz CT molecular complexity index is 722.